The van der Waals surface area contributed by atoms with Crippen molar-refractivity contribution in [1.82, 2.24) is 0 Å². The van der Waals surface area contributed by atoms with Crippen LogP contribution in [0.25, 0.3) is 0 Å². The summed E-state index contributed by atoms with van der Waals surface area (Å²) in [6, 6.07) is 6.10. The first kappa shape index (κ1) is 13.4. The van der Waals surface area contributed by atoms with Crippen molar-refractivity contribution in [3.8, 4) is 11.5 Å². The van der Waals surface area contributed by atoms with Crippen LogP contribution in [0.3, 0.4) is 0 Å². The minimum absolute atomic E-state index is 0.331. The fourth-order valence-electron chi connectivity index (χ4n) is 4.31. The molecule has 3 aliphatic rings. The van der Waals surface area contributed by atoms with E-state index in [1.165, 1.54) is 18.4 Å². The molecule has 1 aromatic carbocycles. The Labute approximate surface area is 126 Å². The first-order chi connectivity index (χ1) is 10.0. The van der Waals surface area contributed by atoms with E-state index in [0.717, 1.165) is 23.3 Å². The van der Waals surface area contributed by atoms with E-state index in [1.54, 1.807) is 0 Å². The highest BCUT2D eigenvalue weighted by Gasteiger charge is 2.57. The molecule has 0 radical (unpaired) electrons. The molecular weight excluding hydrogens is 264 g/mol. The number of fused-ring (bicyclic) bond motifs is 2. The second-order valence-corrected chi connectivity index (χ2v) is 7.82. The molecule has 4 atom stereocenters. The van der Waals surface area contributed by atoms with E-state index in [1.807, 2.05) is 12.1 Å². The Bertz CT molecular complexity index is 546. The van der Waals surface area contributed by atoms with Gasteiger partial charge in [-0.05, 0) is 53.7 Å². The average Bonchev–Trinajstić information content (AvgIpc) is 2.88. The number of benzene rings is 1. The lowest BCUT2D eigenvalue weighted by Crippen LogP contribution is -2.32. The maximum absolute atomic E-state index is 6.29. The molecule has 4 rings (SSSR count). The molecule has 1 aliphatic heterocycles. The van der Waals surface area contributed by atoms with Crippen LogP contribution in [0.1, 0.15) is 39.2 Å². The van der Waals surface area contributed by atoms with E-state index in [4.69, 9.17) is 14.2 Å². The van der Waals surface area contributed by atoms with Crippen molar-refractivity contribution in [2.75, 3.05) is 6.79 Å². The van der Waals surface area contributed by atoms with Gasteiger partial charge in [0.2, 0.25) is 6.79 Å². The molecular formula is C18H24O3. The third kappa shape index (κ3) is 2.42. The van der Waals surface area contributed by atoms with Gasteiger partial charge in [-0.15, -0.1) is 0 Å². The van der Waals surface area contributed by atoms with Gasteiger partial charge in [-0.1, -0.05) is 26.8 Å². The van der Waals surface area contributed by atoms with Crippen molar-refractivity contribution in [3.05, 3.63) is 23.8 Å². The van der Waals surface area contributed by atoms with Crippen LogP contribution in [-0.2, 0) is 11.3 Å². The van der Waals surface area contributed by atoms with E-state index in [2.05, 4.69) is 26.8 Å². The second kappa shape index (κ2) is 4.64. The molecule has 4 unspecified atom stereocenters. The first-order valence-corrected chi connectivity index (χ1v) is 8.02. The minimum atomic E-state index is 0.331. The predicted octanol–water partition coefficient (Wildman–Crippen LogP) is 4.00. The Kier molecular flexibility index (Phi) is 2.97. The molecule has 2 saturated carbocycles. The Balaban J connectivity index is 1.42. The van der Waals surface area contributed by atoms with Gasteiger partial charge in [0.25, 0.3) is 0 Å². The van der Waals surface area contributed by atoms with Crippen molar-refractivity contribution in [1.29, 1.82) is 0 Å². The number of ether oxygens (including phenoxy) is 3. The molecule has 3 heteroatoms. The molecule has 3 nitrogen and oxygen atoms in total. The minimum Gasteiger partial charge on any atom is -0.454 e. The normalized spacial score (nSPS) is 33.1. The van der Waals surface area contributed by atoms with Gasteiger partial charge in [-0.2, -0.15) is 0 Å². The monoisotopic (exact) mass is 288 g/mol. The zero-order chi connectivity index (χ0) is 14.6. The molecule has 2 aliphatic carbocycles. The Morgan fingerprint density at radius 2 is 1.95 bits per heavy atom. The van der Waals surface area contributed by atoms with Crippen molar-refractivity contribution >= 4 is 0 Å². The highest BCUT2D eigenvalue weighted by Crippen LogP contribution is 2.61. The SMILES string of the molecule is CC(C)(C)C1C(OCc2ccc3c(c2)OCO3)CC2CC21. The summed E-state index contributed by atoms with van der Waals surface area (Å²) in [5, 5.41) is 0. The van der Waals surface area contributed by atoms with Gasteiger partial charge >= 0.3 is 0 Å². The van der Waals surface area contributed by atoms with Crippen LogP contribution in [0.15, 0.2) is 18.2 Å². The zero-order valence-corrected chi connectivity index (χ0v) is 13.1. The molecule has 0 saturated heterocycles. The molecule has 0 N–H and O–H groups in total. The van der Waals surface area contributed by atoms with Crippen LogP contribution in [0.4, 0.5) is 0 Å². The van der Waals surface area contributed by atoms with Gasteiger partial charge in [0.1, 0.15) is 0 Å². The molecule has 1 aromatic rings. The van der Waals surface area contributed by atoms with Gasteiger partial charge in [-0.25, -0.2) is 0 Å². The largest absolute Gasteiger partial charge is 0.454 e. The lowest BCUT2D eigenvalue weighted by atomic mass is 9.76. The molecule has 0 amide bonds. The Hall–Kier alpha value is -1.22. The highest BCUT2D eigenvalue weighted by atomic mass is 16.7. The maximum atomic E-state index is 6.29. The van der Waals surface area contributed by atoms with Crippen LogP contribution in [0.5, 0.6) is 11.5 Å². The van der Waals surface area contributed by atoms with Gasteiger partial charge in [-0.3, -0.25) is 0 Å². The number of hydrogen-bond acceptors (Lipinski definition) is 3. The van der Waals surface area contributed by atoms with Crippen LogP contribution < -0.4 is 9.47 Å². The molecule has 21 heavy (non-hydrogen) atoms. The van der Waals surface area contributed by atoms with Gasteiger partial charge < -0.3 is 14.2 Å². The Morgan fingerprint density at radius 1 is 1.14 bits per heavy atom. The van der Waals surface area contributed by atoms with Crippen LogP contribution in [0.2, 0.25) is 0 Å². The summed E-state index contributed by atoms with van der Waals surface area (Å²) in [4.78, 5) is 0. The fourth-order valence-corrected chi connectivity index (χ4v) is 4.31. The van der Waals surface area contributed by atoms with E-state index in [9.17, 15) is 0 Å². The fraction of sp³-hybridized carbons (Fsp3) is 0.667. The molecule has 0 aromatic heterocycles. The molecule has 114 valence electrons. The summed E-state index contributed by atoms with van der Waals surface area (Å²) in [6.07, 6.45) is 3.09. The summed E-state index contributed by atoms with van der Waals surface area (Å²) < 4.78 is 17.1. The molecule has 1 heterocycles. The summed E-state index contributed by atoms with van der Waals surface area (Å²) in [5.41, 5.74) is 1.52. The summed E-state index contributed by atoms with van der Waals surface area (Å²) in [7, 11) is 0. The summed E-state index contributed by atoms with van der Waals surface area (Å²) >= 11 is 0. The maximum Gasteiger partial charge on any atom is 0.231 e. The van der Waals surface area contributed by atoms with Crippen molar-refractivity contribution in [2.24, 2.45) is 23.2 Å². The number of rotatable bonds is 3. The molecule has 0 spiro atoms. The van der Waals surface area contributed by atoms with Crippen LogP contribution in [0, 0.1) is 23.2 Å². The van der Waals surface area contributed by atoms with Crippen LogP contribution in [-0.4, -0.2) is 12.9 Å². The topological polar surface area (TPSA) is 27.7 Å². The van der Waals surface area contributed by atoms with Crippen LogP contribution >= 0.6 is 0 Å². The van der Waals surface area contributed by atoms with E-state index in [0.29, 0.717) is 30.8 Å². The van der Waals surface area contributed by atoms with Gasteiger partial charge in [0, 0.05) is 0 Å². The van der Waals surface area contributed by atoms with E-state index in [-0.39, 0.29) is 0 Å². The number of hydrogen-bond donors (Lipinski definition) is 0. The second-order valence-electron chi connectivity index (χ2n) is 7.82. The van der Waals surface area contributed by atoms with Crippen molar-refractivity contribution in [2.45, 2.75) is 46.3 Å². The standard InChI is InChI=1S/C18H24O3/c1-18(2,3)17-13-7-12(13)8-16(17)19-9-11-4-5-14-15(6-11)21-10-20-14/h4-6,12-13,16-17H,7-10H2,1-3H3. The first-order valence-electron chi connectivity index (χ1n) is 8.02. The molecule has 2 fully saturated rings. The van der Waals surface area contributed by atoms with E-state index < -0.39 is 0 Å². The average molecular weight is 288 g/mol. The van der Waals surface area contributed by atoms with Gasteiger partial charge in [0.15, 0.2) is 11.5 Å². The molecule has 0 bridgehead atoms. The van der Waals surface area contributed by atoms with E-state index >= 15 is 0 Å². The van der Waals surface area contributed by atoms with Crippen molar-refractivity contribution < 1.29 is 14.2 Å². The highest BCUT2D eigenvalue weighted by molar-refractivity contribution is 5.44. The van der Waals surface area contributed by atoms with Gasteiger partial charge in [0.05, 0.1) is 12.7 Å². The summed E-state index contributed by atoms with van der Waals surface area (Å²) in [6.45, 7) is 8.07. The quantitative estimate of drug-likeness (QED) is 0.841. The Morgan fingerprint density at radius 3 is 2.76 bits per heavy atom. The lowest BCUT2D eigenvalue weighted by molar-refractivity contribution is -0.0289. The third-order valence-electron chi connectivity index (χ3n) is 5.28. The lowest BCUT2D eigenvalue weighted by Gasteiger charge is -2.34. The smallest absolute Gasteiger partial charge is 0.231 e. The van der Waals surface area contributed by atoms with Crippen molar-refractivity contribution in [3.63, 3.8) is 0 Å². The zero-order valence-electron chi connectivity index (χ0n) is 13.1. The summed E-state index contributed by atoms with van der Waals surface area (Å²) in [5.74, 6) is 4.23. The predicted molar refractivity (Wildman–Crippen MR) is 80.3 cm³/mol. The third-order valence-corrected chi connectivity index (χ3v) is 5.28.